The first-order chi connectivity index (χ1) is 9.69. The zero-order valence-corrected chi connectivity index (χ0v) is 14.3. The Morgan fingerprint density at radius 2 is 2.30 bits per heavy atom. The molecule has 1 aromatic rings. The highest BCUT2D eigenvalue weighted by Crippen LogP contribution is 2.24. The van der Waals surface area contributed by atoms with E-state index in [9.17, 15) is 0 Å². The second-order valence-electron chi connectivity index (χ2n) is 5.42. The Hall–Kier alpha value is -0.0900. The number of hydrogen-bond acceptors (Lipinski definition) is 2. The van der Waals surface area contributed by atoms with Gasteiger partial charge < -0.3 is 10.1 Å². The van der Waals surface area contributed by atoms with E-state index >= 15 is 0 Å². The minimum Gasteiger partial charge on any atom is -0.378 e. The number of halogens is 2. The van der Waals surface area contributed by atoms with Crippen molar-refractivity contribution in [2.24, 2.45) is 0 Å². The van der Waals surface area contributed by atoms with Crippen LogP contribution in [0.5, 0.6) is 0 Å². The van der Waals surface area contributed by atoms with Gasteiger partial charge in [0.05, 0.1) is 6.10 Å². The van der Waals surface area contributed by atoms with E-state index in [0.717, 1.165) is 35.5 Å². The number of ether oxygens (including phenoxy) is 1. The van der Waals surface area contributed by atoms with Crippen LogP contribution in [0, 0.1) is 0 Å². The van der Waals surface area contributed by atoms with Crippen molar-refractivity contribution in [1.82, 2.24) is 5.32 Å². The summed E-state index contributed by atoms with van der Waals surface area (Å²) in [5, 5.41) is 4.41. The molecule has 2 unspecified atom stereocenters. The summed E-state index contributed by atoms with van der Waals surface area (Å²) in [5.74, 6) is 0. The van der Waals surface area contributed by atoms with E-state index < -0.39 is 0 Å². The van der Waals surface area contributed by atoms with E-state index in [1.807, 2.05) is 6.07 Å². The summed E-state index contributed by atoms with van der Waals surface area (Å²) in [6.45, 7) is 4.05. The average molecular weight is 361 g/mol. The van der Waals surface area contributed by atoms with E-state index in [1.165, 1.54) is 24.8 Å². The smallest absolute Gasteiger partial charge is 0.0590 e. The highest BCUT2D eigenvalue weighted by molar-refractivity contribution is 9.10. The maximum Gasteiger partial charge on any atom is 0.0590 e. The highest BCUT2D eigenvalue weighted by Gasteiger charge is 2.20. The Kier molecular flexibility index (Phi) is 6.82. The standard InChI is InChI=1S/C16H23BrClNO/c1-2-19-14(11-15-5-3-4-8-20-15)9-12-6-7-13(17)10-16(12)18/h6-7,10,14-15,19H,2-5,8-9,11H2,1H3. The number of benzene rings is 1. The third-order valence-corrected chi connectivity index (χ3v) is 4.64. The SMILES string of the molecule is CCNC(Cc1ccc(Br)cc1Cl)CC1CCCCO1. The molecule has 2 atom stereocenters. The molecule has 0 saturated carbocycles. The fourth-order valence-electron chi connectivity index (χ4n) is 2.79. The molecule has 1 aliphatic heterocycles. The molecule has 1 aromatic carbocycles. The Bertz CT molecular complexity index is 421. The van der Waals surface area contributed by atoms with Gasteiger partial charge in [0.25, 0.3) is 0 Å². The molecule has 0 amide bonds. The van der Waals surface area contributed by atoms with Crippen LogP contribution in [0.1, 0.15) is 38.2 Å². The maximum absolute atomic E-state index is 6.33. The molecular weight excluding hydrogens is 338 g/mol. The largest absolute Gasteiger partial charge is 0.378 e. The van der Waals surface area contributed by atoms with Gasteiger partial charge in [-0.15, -0.1) is 0 Å². The van der Waals surface area contributed by atoms with Crippen LogP contribution >= 0.6 is 27.5 Å². The fourth-order valence-corrected chi connectivity index (χ4v) is 3.54. The van der Waals surface area contributed by atoms with Crippen LogP contribution in [-0.4, -0.2) is 25.3 Å². The normalized spacial score (nSPS) is 20.9. The van der Waals surface area contributed by atoms with Crippen LogP contribution in [0.3, 0.4) is 0 Å². The minimum absolute atomic E-state index is 0.405. The van der Waals surface area contributed by atoms with Crippen LogP contribution in [0.15, 0.2) is 22.7 Å². The van der Waals surface area contributed by atoms with Crippen molar-refractivity contribution < 1.29 is 4.74 Å². The van der Waals surface area contributed by atoms with Gasteiger partial charge in [-0.3, -0.25) is 0 Å². The molecule has 1 saturated heterocycles. The molecule has 1 N–H and O–H groups in total. The maximum atomic E-state index is 6.33. The van der Waals surface area contributed by atoms with Gasteiger partial charge in [-0.05, 0) is 56.3 Å². The van der Waals surface area contributed by atoms with Crippen LogP contribution in [-0.2, 0) is 11.2 Å². The summed E-state index contributed by atoms with van der Waals surface area (Å²) in [7, 11) is 0. The van der Waals surface area contributed by atoms with Crippen LogP contribution in [0.2, 0.25) is 5.02 Å². The van der Waals surface area contributed by atoms with Crippen LogP contribution in [0.25, 0.3) is 0 Å². The quantitative estimate of drug-likeness (QED) is 0.801. The first-order valence-corrected chi connectivity index (χ1v) is 8.65. The van der Waals surface area contributed by atoms with Gasteiger partial charge in [0.1, 0.15) is 0 Å². The Balaban J connectivity index is 1.96. The Labute approximate surface area is 135 Å². The summed E-state index contributed by atoms with van der Waals surface area (Å²) < 4.78 is 6.89. The fraction of sp³-hybridized carbons (Fsp3) is 0.625. The van der Waals surface area contributed by atoms with Crippen molar-refractivity contribution in [3.8, 4) is 0 Å². The molecule has 20 heavy (non-hydrogen) atoms. The predicted molar refractivity (Wildman–Crippen MR) is 88.5 cm³/mol. The van der Waals surface area contributed by atoms with E-state index in [0.29, 0.717) is 12.1 Å². The third kappa shape index (κ3) is 5.03. The average Bonchev–Trinajstić information content (AvgIpc) is 2.43. The lowest BCUT2D eigenvalue weighted by molar-refractivity contribution is 0.00535. The van der Waals surface area contributed by atoms with Gasteiger partial charge in [-0.2, -0.15) is 0 Å². The highest BCUT2D eigenvalue weighted by atomic mass is 79.9. The van der Waals surface area contributed by atoms with Crippen molar-refractivity contribution in [3.05, 3.63) is 33.3 Å². The molecule has 1 heterocycles. The number of rotatable bonds is 6. The van der Waals surface area contributed by atoms with Crippen molar-refractivity contribution in [2.75, 3.05) is 13.2 Å². The lowest BCUT2D eigenvalue weighted by Crippen LogP contribution is -2.36. The Morgan fingerprint density at radius 1 is 1.45 bits per heavy atom. The van der Waals surface area contributed by atoms with Gasteiger partial charge in [0.15, 0.2) is 0 Å². The zero-order chi connectivity index (χ0) is 14.4. The molecule has 112 valence electrons. The summed E-state index contributed by atoms with van der Waals surface area (Å²) in [4.78, 5) is 0. The lowest BCUT2D eigenvalue weighted by atomic mass is 9.97. The number of likely N-dealkylation sites (N-methyl/N-ethyl adjacent to an activating group) is 1. The topological polar surface area (TPSA) is 21.3 Å². The Morgan fingerprint density at radius 3 is 2.95 bits per heavy atom. The summed E-state index contributed by atoms with van der Waals surface area (Å²) in [6, 6.07) is 6.57. The van der Waals surface area contributed by atoms with Gasteiger partial charge in [-0.1, -0.05) is 40.5 Å². The monoisotopic (exact) mass is 359 g/mol. The predicted octanol–water partition coefficient (Wildman–Crippen LogP) is 4.58. The molecule has 2 nitrogen and oxygen atoms in total. The van der Waals surface area contributed by atoms with Crippen molar-refractivity contribution >= 4 is 27.5 Å². The van der Waals surface area contributed by atoms with Crippen molar-refractivity contribution in [1.29, 1.82) is 0 Å². The lowest BCUT2D eigenvalue weighted by Gasteiger charge is -2.27. The minimum atomic E-state index is 0.405. The molecule has 1 aliphatic rings. The third-order valence-electron chi connectivity index (χ3n) is 3.80. The van der Waals surface area contributed by atoms with Gasteiger partial charge in [-0.25, -0.2) is 0 Å². The van der Waals surface area contributed by atoms with E-state index in [-0.39, 0.29) is 0 Å². The van der Waals surface area contributed by atoms with Gasteiger partial charge in [0, 0.05) is 22.1 Å². The number of hydrogen-bond donors (Lipinski definition) is 1. The molecule has 0 aliphatic carbocycles. The van der Waals surface area contributed by atoms with Crippen molar-refractivity contribution in [2.45, 2.75) is 51.2 Å². The second kappa shape index (κ2) is 8.38. The molecule has 4 heteroatoms. The first-order valence-electron chi connectivity index (χ1n) is 7.48. The molecule has 1 fully saturated rings. The first kappa shape index (κ1) is 16.3. The van der Waals surface area contributed by atoms with Crippen LogP contribution < -0.4 is 5.32 Å². The summed E-state index contributed by atoms with van der Waals surface area (Å²) >= 11 is 9.78. The van der Waals surface area contributed by atoms with E-state index in [2.05, 4.69) is 40.3 Å². The van der Waals surface area contributed by atoms with Gasteiger partial charge in [0.2, 0.25) is 0 Å². The summed E-state index contributed by atoms with van der Waals surface area (Å²) in [6.07, 6.45) is 6.13. The molecule has 0 aromatic heterocycles. The second-order valence-corrected chi connectivity index (χ2v) is 6.74. The number of nitrogens with one attached hydrogen (secondary N) is 1. The molecule has 0 spiro atoms. The summed E-state index contributed by atoms with van der Waals surface area (Å²) in [5.41, 5.74) is 1.21. The molecular formula is C16H23BrClNO. The van der Waals surface area contributed by atoms with Crippen LogP contribution in [0.4, 0.5) is 0 Å². The molecule has 0 bridgehead atoms. The van der Waals surface area contributed by atoms with E-state index in [4.69, 9.17) is 16.3 Å². The van der Waals surface area contributed by atoms with Gasteiger partial charge >= 0.3 is 0 Å². The van der Waals surface area contributed by atoms with E-state index in [1.54, 1.807) is 0 Å². The van der Waals surface area contributed by atoms with Crippen molar-refractivity contribution in [3.63, 3.8) is 0 Å². The zero-order valence-electron chi connectivity index (χ0n) is 12.0. The molecule has 2 rings (SSSR count). The molecule has 0 radical (unpaired) electrons.